The third-order valence-corrected chi connectivity index (χ3v) is 9.21. The molecule has 0 fully saturated rings. The fourth-order valence-corrected chi connectivity index (χ4v) is 6.51. The lowest BCUT2D eigenvalue weighted by atomic mass is 9.99. The second-order valence-electron chi connectivity index (χ2n) is 12.7. The molecule has 8 aromatic rings. The number of rotatable bonds is 9. The van der Waals surface area contributed by atoms with E-state index in [4.69, 9.17) is 0 Å². The van der Waals surface area contributed by atoms with Gasteiger partial charge in [-0.05, 0) is 97.4 Å². The third-order valence-electron chi connectivity index (χ3n) is 9.21. The molecule has 0 saturated heterocycles. The smallest absolute Gasteiger partial charge is 0.0468 e. The van der Waals surface area contributed by atoms with Crippen molar-refractivity contribution >= 4 is 75.1 Å². The zero-order chi connectivity index (χ0) is 34.2. The molecule has 0 aromatic heterocycles. The monoisotopic (exact) mass is 651 g/mol. The average Bonchev–Trinajstić information content (AvgIpc) is 3.20. The van der Waals surface area contributed by atoms with Crippen molar-refractivity contribution in [3.8, 4) is 0 Å². The number of hydrogen-bond donors (Lipinski definition) is 0. The fourth-order valence-electron chi connectivity index (χ4n) is 6.51. The van der Waals surface area contributed by atoms with E-state index in [2.05, 4.69) is 211 Å². The third kappa shape index (κ3) is 7.49. The van der Waals surface area contributed by atoms with E-state index in [0.717, 1.165) is 28.2 Å². The molecular weight excluding hydrogens is 615 g/mol. The molecule has 0 unspecified atom stereocenters. The van der Waals surface area contributed by atoms with E-state index < -0.39 is 0 Å². The summed E-state index contributed by atoms with van der Waals surface area (Å²) in [5.74, 6) is 0. The van der Waals surface area contributed by atoms with Gasteiger partial charge in [0.2, 0.25) is 0 Å². The molecule has 8 rings (SSSR count). The molecule has 0 atom stereocenters. The van der Waals surface area contributed by atoms with Gasteiger partial charge in [0.25, 0.3) is 0 Å². The van der Waals surface area contributed by atoms with Gasteiger partial charge in [-0.15, -0.1) is 0 Å². The number of benzene rings is 8. The molecule has 242 valence electrons. The highest BCUT2D eigenvalue weighted by Gasteiger charge is 2.14. The average molecular weight is 652 g/mol. The van der Waals surface area contributed by atoms with Gasteiger partial charge in [0.15, 0.2) is 0 Å². The van der Waals surface area contributed by atoms with Gasteiger partial charge in [-0.25, -0.2) is 0 Å². The highest BCUT2D eigenvalue weighted by atomic mass is 15.1. The van der Waals surface area contributed by atoms with Crippen LogP contribution in [0, 0.1) is 0 Å². The molecule has 1 nitrogen and oxygen atoms in total. The van der Waals surface area contributed by atoms with Crippen molar-refractivity contribution < 1.29 is 0 Å². The summed E-state index contributed by atoms with van der Waals surface area (Å²) in [6, 6.07) is 67.0. The van der Waals surface area contributed by atoms with Gasteiger partial charge < -0.3 is 4.90 Å². The summed E-state index contributed by atoms with van der Waals surface area (Å²) in [6.45, 7) is 0. The SMILES string of the molecule is C(=Cc1ccc(N(c2ccc(C=Cc3ccccc3)cc2)c2ccc3c(ccc4cc(C=Cc5ccccc5)ccc43)c2)cc1)c1ccccc1. The van der Waals surface area contributed by atoms with Gasteiger partial charge in [-0.1, -0.05) is 182 Å². The Balaban J connectivity index is 1.13. The Bertz CT molecular complexity index is 2380. The molecule has 0 bridgehead atoms. The first-order valence-electron chi connectivity index (χ1n) is 17.4. The second-order valence-corrected chi connectivity index (χ2v) is 12.7. The van der Waals surface area contributed by atoms with Gasteiger partial charge in [0.1, 0.15) is 0 Å². The molecule has 51 heavy (non-hydrogen) atoms. The van der Waals surface area contributed by atoms with Crippen LogP contribution in [0.3, 0.4) is 0 Å². The Morgan fingerprint density at radius 1 is 0.255 bits per heavy atom. The molecule has 0 spiro atoms. The molecule has 0 N–H and O–H groups in total. The molecule has 0 radical (unpaired) electrons. The largest absolute Gasteiger partial charge is 0.310 e. The van der Waals surface area contributed by atoms with Crippen molar-refractivity contribution in [2.75, 3.05) is 4.90 Å². The van der Waals surface area contributed by atoms with E-state index in [1.807, 2.05) is 18.2 Å². The van der Waals surface area contributed by atoms with E-state index in [-0.39, 0.29) is 0 Å². The lowest BCUT2D eigenvalue weighted by Crippen LogP contribution is -2.09. The van der Waals surface area contributed by atoms with Gasteiger partial charge in [0, 0.05) is 17.1 Å². The molecule has 0 aliphatic carbocycles. The lowest BCUT2D eigenvalue weighted by Gasteiger charge is -2.26. The first kappa shape index (κ1) is 31.6. The topological polar surface area (TPSA) is 3.24 Å². The summed E-state index contributed by atoms with van der Waals surface area (Å²) in [7, 11) is 0. The van der Waals surface area contributed by atoms with Crippen molar-refractivity contribution in [1.29, 1.82) is 0 Å². The van der Waals surface area contributed by atoms with Crippen LogP contribution in [0.25, 0.3) is 58.0 Å². The molecule has 0 heterocycles. The molecular formula is C50H37N. The molecule has 0 amide bonds. The Labute approximate surface area is 300 Å². The fraction of sp³-hybridized carbons (Fsp3) is 0. The lowest BCUT2D eigenvalue weighted by molar-refractivity contribution is 1.29. The van der Waals surface area contributed by atoms with Crippen LogP contribution in [0.1, 0.15) is 33.4 Å². The summed E-state index contributed by atoms with van der Waals surface area (Å²) in [5.41, 5.74) is 10.4. The maximum absolute atomic E-state index is 2.34. The first-order valence-corrected chi connectivity index (χ1v) is 17.4. The predicted octanol–water partition coefficient (Wildman–Crippen LogP) is 14.0. The zero-order valence-electron chi connectivity index (χ0n) is 28.3. The van der Waals surface area contributed by atoms with Crippen molar-refractivity contribution in [1.82, 2.24) is 0 Å². The molecule has 1 heteroatoms. The maximum atomic E-state index is 2.34. The Hall–Kier alpha value is -6.70. The second kappa shape index (κ2) is 14.8. The van der Waals surface area contributed by atoms with Crippen LogP contribution in [-0.2, 0) is 0 Å². The van der Waals surface area contributed by atoms with Crippen LogP contribution >= 0.6 is 0 Å². The maximum Gasteiger partial charge on any atom is 0.0468 e. The van der Waals surface area contributed by atoms with E-state index in [9.17, 15) is 0 Å². The molecule has 0 aliphatic heterocycles. The van der Waals surface area contributed by atoms with Crippen LogP contribution in [-0.4, -0.2) is 0 Å². The van der Waals surface area contributed by atoms with E-state index in [0.29, 0.717) is 0 Å². The summed E-state index contributed by atoms with van der Waals surface area (Å²) in [4.78, 5) is 2.34. The van der Waals surface area contributed by atoms with Gasteiger partial charge in [-0.3, -0.25) is 0 Å². The van der Waals surface area contributed by atoms with Gasteiger partial charge in [0.05, 0.1) is 0 Å². The van der Waals surface area contributed by atoms with Crippen LogP contribution in [0.4, 0.5) is 17.1 Å². The van der Waals surface area contributed by atoms with Gasteiger partial charge in [-0.2, -0.15) is 0 Å². The van der Waals surface area contributed by atoms with Crippen LogP contribution in [0.15, 0.2) is 188 Å². The normalized spacial score (nSPS) is 11.7. The Morgan fingerprint density at radius 3 is 1.04 bits per heavy atom. The quantitative estimate of drug-likeness (QED) is 0.111. The highest BCUT2D eigenvalue weighted by Crippen LogP contribution is 2.38. The van der Waals surface area contributed by atoms with E-state index >= 15 is 0 Å². The number of nitrogens with zero attached hydrogens (tertiary/aromatic N) is 1. The standard InChI is InChI=1S/C50H37N/c1-4-10-38(11-5-1)16-18-41-22-29-46(30-23-41)51(47-31-24-42(25-32-47)19-17-39-12-6-2-7-13-39)48-33-35-50-45(37-48)28-27-44-36-43(26-34-49(44)50)21-20-40-14-8-3-9-15-40/h1-37H. The zero-order valence-corrected chi connectivity index (χ0v) is 28.3. The Kier molecular flexibility index (Phi) is 9.17. The summed E-state index contributed by atoms with van der Waals surface area (Å²) >= 11 is 0. The minimum atomic E-state index is 1.11. The minimum absolute atomic E-state index is 1.11. The van der Waals surface area contributed by atoms with E-state index in [1.54, 1.807) is 0 Å². The number of anilines is 3. The first-order chi connectivity index (χ1) is 25.2. The minimum Gasteiger partial charge on any atom is -0.310 e. The summed E-state index contributed by atoms with van der Waals surface area (Å²) in [6.07, 6.45) is 13.0. The van der Waals surface area contributed by atoms with Gasteiger partial charge >= 0.3 is 0 Å². The van der Waals surface area contributed by atoms with Crippen molar-refractivity contribution in [3.63, 3.8) is 0 Å². The molecule has 0 aliphatic rings. The van der Waals surface area contributed by atoms with Crippen LogP contribution in [0.5, 0.6) is 0 Å². The highest BCUT2D eigenvalue weighted by molar-refractivity contribution is 6.09. The molecule has 8 aromatic carbocycles. The predicted molar refractivity (Wildman–Crippen MR) is 222 cm³/mol. The van der Waals surface area contributed by atoms with Crippen molar-refractivity contribution in [3.05, 3.63) is 221 Å². The van der Waals surface area contributed by atoms with Crippen molar-refractivity contribution in [2.24, 2.45) is 0 Å². The van der Waals surface area contributed by atoms with Crippen molar-refractivity contribution in [2.45, 2.75) is 0 Å². The van der Waals surface area contributed by atoms with Crippen LogP contribution < -0.4 is 4.90 Å². The molecule has 0 saturated carbocycles. The summed E-state index contributed by atoms with van der Waals surface area (Å²) < 4.78 is 0. The number of hydrogen-bond acceptors (Lipinski definition) is 1. The summed E-state index contributed by atoms with van der Waals surface area (Å²) in [5, 5.41) is 4.95. The van der Waals surface area contributed by atoms with E-state index in [1.165, 1.54) is 43.8 Å². The Morgan fingerprint density at radius 2 is 0.588 bits per heavy atom. The number of fused-ring (bicyclic) bond motifs is 3. The van der Waals surface area contributed by atoms with Crippen LogP contribution in [0.2, 0.25) is 0 Å².